The van der Waals surface area contributed by atoms with Gasteiger partial charge in [0.15, 0.2) is 0 Å². The van der Waals surface area contributed by atoms with Crippen LogP contribution in [-0.2, 0) is 13.0 Å². The largest absolute Gasteiger partial charge is 0.462 e. The molecule has 2 aromatic carbocycles. The zero-order valence-corrected chi connectivity index (χ0v) is 21.0. The lowest BCUT2D eigenvalue weighted by Crippen LogP contribution is -2.35. The highest BCUT2D eigenvalue weighted by molar-refractivity contribution is 6.36. The van der Waals surface area contributed by atoms with Gasteiger partial charge in [-0.3, -0.25) is 0 Å². The Morgan fingerprint density at radius 2 is 1.91 bits per heavy atom. The summed E-state index contributed by atoms with van der Waals surface area (Å²) in [5, 5.41) is 3.03. The molecule has 3 aromatic rings. The SMILES string of the molecule is CN1CCC[C@H]1COc1nc2c(c(N3CCC(N)C3)n1)CCN(c1cccc3cccc(Cl)c13)C2. The third-order valence-electron chi connectivity index (χ3n) is 7.80. The van der Waals surface area contributed by atoms with Crippen LogP contribution in [0.3, 0.4) is 0 Å². The number of ether oxygens (including phenoxy) is 1. The molecule has 7 nitrogen and oxygen atoms in total. The molecule has 1 unspecified atom stereocenters. The van der Waals surface area contributed by atoms with Crippen molar-refractivity contribution >= 4 is 33.9 Å². The van der Waals surface area contributed by atoms with E-state index in [0.717, 1.165) is 78.4 Å². The second-order valence-electron chi connectivity index (χ2n) is 10.1. The minimum atomic E-state index is 0.190. The summed E-state index contributed by atoms with van der Waals surface area (Å²) in [6, 6.07) is 13.6. The Kier molecular flexibility index (Phi) is 6.16. The van der Waals surface area contributed by atoms with Gasteiger partial charge in [0.1, 0.15) is 12.4 Å². The molecule has 1 aromatic heterocycles. The van der Waals surface area contributed by atoms with Gasteiger partial charge in [0.25, 0.3) is 0 Å². The van der Waals surface area contributed by atoms with Gasteiger partial charge >= 0.3 is 6.01 Å². The summed E-state index contributed by atoms with van der Waals surface area (Å²) in [7, 11) is 2.17. The van der Waals surface area contributed by atoms with E-state index in [1.54, 1.807) is 0 Å². The van der Waals surface area contributed by atoms with E-state index >= 15 is 0 Å². The van der Waals surface area contributed by atoms with E-state index in [9.17, 15) is 0 Å². The minimum Gasteiger partial charge on any atom is -0.462 e. The number of nitrogens with two attached hydrogens (primary N) is 1. The number of nitrogens with zero attached hydrogens (tertiary/aromatic N) is 5. The van der Waals surface area contributed by atoms with Crippen LogP contribution in [0.2, 0.25) is 5.02 Å². The highest BCUT2D eigenvalue weighted by Gasteiger charge is 2.30. The van der Waals surface area contributed by atoms with Gasteiger partial charge in [-0.15, -0.1) is 0 Å². The lowest BCUT2D eigenvalue weighted by molar-refractivity contribution is 0.187. The fourth-order valence-corrected chi connectivity index (χ4v) is 6.08. The maximum absolute atomic E-state index is 6.65. The zero-order valence-electron chi connectivity index (χ0n) is 20.3. The van der Waals surface area contributed by atoms with Crippen LogP contribution in [0, 0.1) is 0 Å². The Morgan fingerprint density at radius 1 is 1.06 bits per heavy atom. The first-order valence-corrected chi connectivity index (χ1v) is 13.1. The Bertz CT molecular complexity index is 1230. The lowest BCUT2D eigenvalue weighted by Gasteiger charge is -2.33. The van der Waals surface area contributed by atoms with Crippen molar-refractivity contribution in [2.45, 2.75) is 44.3 Å². The number of anilines is 2. The topological polar surface area (TPSA) is 70.8 Å². The molecule has 35 heavy (non-hydrogen) atoms. The average Bonchev–Trinajstić information content (AvgIpc) is 3.49. The van der Waals surface area contributed by atoms with E-state index in [-0.39, 0.29) is 6.04 Å². The summed E-state index contributed by atoms with van der Waals surface area (Å²) in [5.74, 6) is 1.01. The summed E-state index contributed by atoms with van der Waals surface area (Å²) in [6.45, 7) is 5.10. The number of hydrogen-bond acceptors (Lipinski definition) is 7. The molecule has 0 saturated carbocycles. The summed E-state index contributed by atoms with van der Waals surface area (Å²) in [6.07, 6.45) is 4.24. The van der Waals surface area contributed by atoms with Crippen LogP contribution in [0.15, 0.2) is 36.4 Å². The number of rotatable bonds is 5. The number of halogens is 1. The maximum atomic E-state index is 6.65. The van der Waals surface area contributed by atoms with Crippen molar-refractivity contribution < 1.29 is 4.74 Å². The Balaban J connectivity index is 1.34. The van der Waals surface area contributed by atoms with Crippen LogP contribution in [0.25, 0.3) is 10.8 Å². The lowest BCUT2D eigenvalue weighted by atomic mass is 10.0. The van der Waals surface area contributed by atoms with Crippen molar-refractivity contribution in [3.8, 4) is 6.01 Å². The third-order valence-corrected chi connectivity index (χ3v) is 8.11. The Hall–Kier alpha value is -2.61. The average molecular weight is 493 g/mol. The fraction of sp³-hybridized carbons (Fsp3) is 0.481. The smallest absolute Gasteiger partial charge is 0.318 e. The van der Waals surface area contributed by atoms with Crippen LogP contribution < -0.4 is 20.3 Å². The quantitative estimate of drug-likeness (QED) is 0.580. The van der Waals surface area contributed by atoms with Crippen LogP contribution >= 0.6 is 11.6 Å². The van der Waals surface area contributed by atoms with Crippen molar-refractivity contribution in [1.29, 1.82) is 0 Å². The predicted octanol–water partition coefficient (Wildman–Crippen LogP) is 3.86. The molecule has 3 aliphatic rings. The van der Waals surface area contributed by atoms with Gasteiger partial charge in [0.2, 0.25) is 0 Å². The molecule has 4 heterocycles. The normalized spacial score (nSPS) is 22.7. The van der Waals surface area contributed by atoms with E-state index in [1.807, 2.05) is 12.1 Å². The number of likely N-dealkylation sites (N-methyl/N-ethyl adjacent to an activating group) is 1. The fourth-order valence-electron chi connectivity index (χ4n) is 5.80. The second-order valence-corrected chi connectivity index (χ2v) is 10.5. The molecule has 2 N–H and O–H groups in total. The molecule has 3 aliphatic heterocycles. The second kappa shape index (κ2) is 9.45. The summed E-state index contributed by atoms with van der Waals surface area (Å²) in [4.78, 5) is 16.9. The van der Waals surface area contributed by atoms with Gasteiger partial charge in [-0.05, 0) is 56.8 Å². The van der Waals surface area contributed by atoms with Crippen LogP contribution in [-0.4, -0.2) is 66.8 Å². The molecular weight excluding hydrogens is 460 g/mol. The van der Waals surface area contributed by atoms with E-state index < -0.39 is 0 Å². The minimum absolute atomic E-state index is 0.190. The molecule has 2 saturated heterocycles. The summed E-state index contributed by atoms with van der Waals surface area (Å²) >= 11 is 6.65. The molecular formula is C27H33ClN6O. The number of likely N-dealkylation sites (tertiary alicyclic amines) is 1. The monoisotopic (exact) mass is 492 g/mol. The summed E-state index contributed by atoms with van der Waals surface area (Å²) in [5.41, 5.74) is 9.68. The molecule has 0 bridgehead atoms. The van der Waals surface area contributed by atoms with Gasteiger partial charge < -0.3 is 25.2 Å². The predicted molar refractivity (Wildman–Crippen MR) is 142 cm³/mol. The van der Waals surface area contributed by atoms with Crippen LogP contribution in [0.4, 0.5) is 11.5 Å². The van der Waals surface area contributed by atoms with E-state index in [1.165, 1.54) is 12.0 Å². The van der Waals surface area contributed by atoms with Gasteiger partial charge in [0, 0.05) is 48.4 Å². The molecule has 0 spiro atoms. The van der Waals surface area contributed by atoms with Gasteiger partial charge in [-0.25, -0.2) is 0 Å². The first-order chi connectivity index (χ1) is 17.1. The highest BCUT2D eigenvalue weighted by atomic mass is 35.5. The van der Waals surface area contributed by atoms with Gasteiger partial charge in [-0.2, -0.15) is 9.97 Å². The highest BCUT2D eigenvalue weighted by Crippen LogP contribution is 2.37. The number of fused-ring (bicyclic) bond motifs is 2. The van der Waals surface area contributed by atoms with Crippen LogP contribution in [0.1, 0.15) is 30.5 Å². The van der Waals surface area contributed by atoms with Gasteiger partial charge in [0.05, 0.1) is 17.3 Å². The van der Waals surface area contributed by atoms with E-state index in [2.05, 4.69) is 46.0 Å². The van der Waals surface area contributed by atoms with Crippen molar-refractivity contribution in [3.63, 3.8) is 0 Å². The number of hydrogen-bond donors (Lipinski definition) is 1. The standard InChI is InChI=1S/C27H33ClN6O/c1-32-12-4-7-20(32)17-35-27-30-23-16-33(24-9-3-6-18-5-2-8-22(28)25(18)24)14-11-21(23)26(31-27)34-13-10-19(29)15-34/h2-3,5-6,8-9,19-20H,4,7,10-17,29H2,1H3/t19?,20-/m0/s1. The van der Waals surface area contributed by atoms with Crippen molar-refractivity contribution in [2.75, 3.05) is 49.6 Å². The third kappa shape index (κ3) is 4.41. The molecule has 0 amide bonds. The molecule has 6 rings (SSSR count). The van der Waals surface area contributed by atoms with Gasteiger partial charge in [-0.1, -0.05) is 35.9 Å². The Labute approximate surface area is 211 Å². The molecule has 2 fully saturated rings. The van der Waals surface area contributed by atoms with Crippen molar-refractivity contribution in [1.82, 2.24) is 14.9 Å². The van der Waals surface area contributed by atoms with Crippen molar-refractivity contribution in [3.05, 3.63) is 52.7 Å². The van der Waals surface area contributed by atoms with Crippen LogP contribution in [0.5, 0.6) is 6.01 Å². The Morgan fingerprint density at radius 3 is 2.69 bits per heavy atom. The number of benzene rings is 2. The number of aromatic nitrogens is 2. The van der Waals surface area contributed by atoms with E-state index in [4.69, 9.17) is 32.0 Å². The molecule has 0 aliphatic carbocycles. The molecule has 2 atom stereocenters. The maximum Gasteiger partial charge on any atom is 0.318 e. The summed E-state index contributed by atoms with van der Waals surface area (Å²) < 4.78 is 6.22. The zero-order chi connectivity index (χ0) is 23.9. The molecule has 0 radical (unpaired) electrons. The van der Waals surface area contributed by atoms with Crippen molar-refractivity contribution in [2.24, 2.45) is 5.73 Å². The molecule has 184 valence electrons. The van der Waals surface area contributed by atoms with E-state index in [0.29, 0.717) is 25.2 Å². The first-order valence-electron chi connectivity index (χ1n) is 12.7. The molecule has 8 heteroatoms. The first kappa shape index (κ1) is 22.8.